The van der Waals surface area contributed by atoms with E-state index in [9.17, 15) is 5.11 Å². The van der Waals surface area contributed by atoms with Crippen LogP contribution >= 0.6 is 27.5 Å². The van der Waals surface area contributed by atoms with Crippen molar-refractivity contribution in [2.45, 2.75) is 39.0 Å². The van der Waals surface area contributed by atoms with Gasteiger partial charge in [0.25, 0.3) is 0 Å². The van der Waals surface area contributed by atoms with E-state index in [1.807, 2.05) is 6.07 Å². The van der Waals surface area contributed by atoms with Crippen LogP contribution in [-0.4, -0.2) is 5.11 Å². The molecule has 1 unspecified atom stereocenters. The molecule has 0 fully saturated rings. The van der Waals surface area contributed by atoms with Gasteiger partial charge in [0.2, 0.25) is 0 Å². The number of aryl methyl sites for hydroxylation is 2. The van der Waals surface area contributed by atoms with Crippen molar-refractivity contribution in [3.8, 4) is 5.75 Å². The summed E-state index contributed by atoms with van der Waals surface area (Å²) in [4.78, 5) is 0. The molecule has 21 heavy (non-hydrogen) atoms. The van der Waals surface area contributed by atoms with Crippen LogP contribution < -0.4 is 0 Å². The lowest BCUT2D eigenvalue weighted by Gasteiger charge is -2.17. The van der Waals surface area contributed by atoms with Crippen molar-refractivity contribution in [3.63, 3.8) is 0 Å². The molecule has 0 heterocycles. The first-order valence-corrected chi connectivity index (χ1v) is 8.41. The predicted molar refractivity (Wildman–Crippen MR) is 93.3 cm³/mol. The minimum Gasteiger partial charge on any atom is -0.506 e. The topological polar surface area (TPSA) is 20.2 Å². The van der Waals surface area contributed by atoms with E-state index in [0.29, 0.717) is 21.2 Å². The van der Waals surface area contributed by atoms with E-state index in [4.69, 9.17) is 11.6 Å². The first-order chi connectivity index (χ1) is 10.0. The molecule has 0 aromatic heterocycles. The molecule has 0 aliphatic carbocycles. The van der Waals surface area contributed by atoms with Crippen LogP contribution in [0.1, 0.15) is 42.4 Å². The Kier molecular flexibility index (Phi) is 5.72. The molecule has 1 nitrogen and oxygen atoms in total. The van der Waals surface area contributed by atoms with E-state index in [1.165, 1.54) is 11.1 Å². The summed E-state index contributed by atoms with van der Waals surface area (Å²) in [6, 6.07) is 12.2. The minimum absolute atomic E-state index is 0.304. The summed E-state index contributed by atoms with van der Waals surface area (Å²) < 4.78 is 0.661. The summed E-state index contributed by atoms with van der Waals surface area (Å²) in [5.41, 5.74) is 3.57. The molecule has 1 atom stereocenters. The van der Waals surface area contributed by atoms with Crippen LogP contribution in [0.4, 0.5) is 0 Å². The smallest absolute Gasteiger partial charge is 0.133 e. The Hall–Kier alpha value is -0.990. The maximum Gasteiger partial charge on any atom is 0.133 e. The molecule has 0 spiro atoms. The number of halogens is 2. The third-order valence-corrected chi connectivity index (χ3v) is 4.70. The van der Waals surface area contributed by atoms with E-state index in [0.717, 1.165) is 24.8 Å². The second kappa shape index (κ2) is 7.33. The van der Waals surface area contributed by atoms with E-state index >= 15 is 0 Å². The van der Waals surface area contributed by atoms with Gasteiger partial charge in [-0.05, 0) is 71.3 Å². The van der Waals surface area contributed by atoms with Crippen LogP contribution in [0.5, 0.6) is 5.75 Å². The Morgan fingerprint density at radius 3 is 2.67 bits per heavy atom. The Morgan fingerprint density at radius 2 is 2.00 bits per heavy atom. The van der Waals surface area contributed by atoms with E-state index in [1.54, 1.807) is 6.07 Å². The number of hydrogen-bond donors (Lipinski definition) is 1. The number of benzene rings is 2. The molecular weight excluding hydrogens is 348 g/mol. The summed E-state index contributed by atoms with van der Waals surface area (Å²) in [6.45, 7) is 4.33. The Labute approximate surface area is 140 Å². The maximum atomic E-state index is 10.1. The summed E-state index contributed by atoms with van der Waals surface area (Å²) in [6.07, 6.45) is 2.91. The SMILES string of the molecule is CCC(CCc1cc(Cl)cc(Br)c1O)c1cccc(C)c1. The quantitative estimate of drug-likeness (QED) is 0.663. The molecular formula is C18H20BrClO. The van der Waals surface area contributed by atoms with Crippen molar-refractivity contribution in [3.05, 3.63) is 62.6 Å². The number of phenols is 1. The molecule has 2 aromatic carbocycles. The highest BCUT2D eigenvalue weighted by atomic mass is 79.9. The molecule has 0 amide bonds. The van der Waals surface area contributed by atoms with Gasteiger partial charge in [-0.3, -0.25) is 0 Å². The number of rotatable bonds is 5. The lowest BCUT2D eigenvalue weighted by molar-refractivity contribution is 0.461. The van der Waals surface area contributed by atoms with Crippen molar-refractivity contribution in [1.82, 2.24) is 0 Å². The van der Waals surface area contributed by atoms with Gasteiger partial charge in [-0.1, -0.05) is 48.4 Å². The highest BCUT2D eigenvalue weighted by Crippen LogP contribution is 2.34. The molecule has 2 rings (SSSR count). The Balaban J connectivity index is 2.14. The van der Waals surface area contributed by atoms with Crippen LogP contribution in [0.15, 0.2) is 40.9 Å². The zero-order valence-electron chi connectivity index (χ0n) is 12.4. The highest BCUT2D eigenvalue weighted by Gasteiger charge is 2.13. The fourth-order valence-corrected chi connectivity index (χ4v) is 3.54. The molecule has 3 heteroatoms. The van der Waals surface area contributed by atoms with E-state index < -0.39 is 0 Å². The van der Waals surface area contributed by atoms with Gasteiger partial charge in [-0.2, -0.15) is 0 Å². The van der Waals surface area contributed by atoms with Crippen molar-refractivity contribution >= 4 is 27.5 Å². The van der Waals surface area contributed by atoms with Crippen LogP contribution in [-0.2, 0) is 6.42 Å². The molecule has 0 saturated heterocycles. The van der Waals surface area contributed by atoms with E-state index in [2.05, 4.69) is 54.0 Å². The average Bonchev–Trinajstić information content (AvgIpc) is 2.44. The largest absolute Gasteiger partial charge is 0.506 e. The Bertz CT molecular complexity index is 625. The van der Waals surface area contributed by atoms with Gasteiger partial charge in [0, 0.05) is 5.02 Å². The Morgan fingerprint density at radius 1 is 1.24 bits per heavy atom. The minimum atomic E-state index is 0.304. The van der Waals surface area contributed by atoms with Gasteiger partial charge in [-0.15, -0.1) is 0 Å². The zero-order valence-corrected chi connectivity index (χ0v) is 14.7. The maximum absolute atomic E-state index is 10.1. The molecule has 0 saturated carbocycles. The van der Waals surface area contributed by atoms with Gasteiger partial charge in [0.1, 0.15) is 5.75 Å². The van der Waals surface area contributed by atoms with Crippen molar-refractivity contribution in [2.24, 2.45) is 0 Å². The number of aromatic hydroxyl groups is 1. The second-order valence-corrected chi connectivity index (χ2v) is 6.74. The summed E-state index contributed by atoms with van der Waals surface area (Å²) in [7, 11) is 0. The predicted octanol–water partition coefficient (Wildman–Crippen LogP) is 6.24. The highest BCUT2D eigenvalue weighted by molar-refractivity contribution is 9.10. The van der Waals surface area contributed by atoms with Crippen LogP contribution in [0, 0.1) is 6.92 Å². The lowest BCUT2D eigenvalue weighted by atomic mass is 9.89. The van der Waals surface area contributed by atoms with Crippen molar-refractivity contribution in [1.29, 1.82) is 0 Å². The van der Waals surface area contributed by atoms with Crippen LogP contribution in [0.2, 0.25) is 5.02 Å². The van der Waals surface area contributed by atoms with E-state index in [-0.39, 0.29) is 0 Å². The van der Waals surface area contributed by atoms with Crippen molar-refractivity contribution < 1.29 is 5.11 Å². The third kappa shape index (κ3) is 4.24. The molecule has 0 aliphatic heterocycles. The standard InChI is InChI=1S/C18H20BrClO/c1-3-13(14-6-4-5-12(2)9-14)7-8-15-10-16(20)11-17(19)18(15)21/h4-6,9-11,13,21H,3,7-8H2,1-2H3. The molecule has 0 aliphatic rings. The summed E-state index contributed by atoms with van der Waals surface area (Å²) in [5, 5.41) is 10.8. The lowest BCUT2D eigenvalue weighted by Crippen LogP contribution is -2.00. The monoisotopic (exact) mass is 366 g/mol. The van der Waals surface area contributed by atoms with Crippen molar-refractivity contribution in [2.75, 3.05) is 0 Å². The third-order valence-electron chi connectivity index (χ3n) is 3.88. The average molecular weight is 368 g/mol. The van der Waals surface area contributed by atoms with Crippen LogP contribution in [0.25, 0.3) is 0 Å². The fraction of sp³-hybridized carbons (Fsp3) is 0.333. The van der Waals surface area contributed by atoms with Gasteiger partial charge >= 0.3 is 0 Å². The molecule has 0 radical (unpaired) electrons. The van der Waals surface area contributed by atoms with Gasteiger partial charge in [-0.25, -0.2) is 0 Å². The van der Waals surface area contributed by atoms with Gasteiger partial charge < -0.3 is 5.11 Å². The second-order valence-electron chi connectivity index (χ2n) is 5.45. The van der Waals surface area contributed by atoms with Gasteiger partial charge in [0.05, 0.1) is 4.47 Å². The first kappa shape index (κ1) is 16.4. The normalized spacial score (nSPS) is 12.4. The zero-order chi connectivity index (χ0) is 15.4. The summed E-state index contributed by atoms with van der Waals surface area (Å²) >= 11 is 9.41. The first-order valence-electron chi connectivity index (χ1n) is 7.24. The molecule has 112 valence electrons. The molecule has 2 aromatic rings. The fourth-order valence-electron chi connectivity index (χ4n) is 2.67. The van der Waals surface area contributed by atoms with Gasteiger partial charge in [0.15, 0.2) is 0 Å². The summed E-state index contributed by atoms with van der Waals surface area (Å²) in [5.74, 6) is 0.806. The molecule has 0 bridgehead atoms. The number of hydrogen-bond acceptors (Lipinski definition) is 1. The molecule has 1 N–H and O–H groups in total. The number of phenolic OH excluding ortho intramolecular Hbond substituents is 1. The van der Waals surface area contributed by atoms with Crippen LogP contribution in [0.3, 0.4) is 0 Å².